The summed E-state index contributed by atoms with van der Waals surface area (Å²) in [5, 5.41) is 15.2. The predicted molar refractivity (Wildman–Crippen MR) is 142 cm³/mol. The molecule has 10 nitrogen and oxygen atoms in total. The van der Waals surface area contributed by atoms with E-state index in [4.69, 9.17) is 0 Å². The Labute approximate surface area is 226 Å². The van der Waals surface area contributed by atoms with Gasteiger partial charge in [0.05, 0.1) is 29.2 Å². The number of carbonyl (C=O) groups is 1. The Morgan fingerprint density at radius 2 is 1.77 bits per heavy atom. The fourth-order valence-corrected chi connectivity index (χ4v) is 5.48. The van der Waals surface area contributed by atoms with E-state index in [2.05, 4.69) is 25.3 Å². The van der Waals surface area contributed by atoms with E-state index in [1.54, 1.807) is 39.5 Å². The summed E-state index contributed by atoms with van der Waals surface area (Å²) < 4.78 is 67.7. The van der Waals surface area contributed by atoms with Gasteiger partial charge in [0.15, 0.2) is 11.5 Å². The van der Waals surface area contributed by atoms with Crippen LogP contribution in [0.2, 0.25) is 0 Å². The third-order valence-corrected chi connectivity index (χ3v) is 7.69. The van der Waals surface area contributed by atoms with E-state index in [0.29, 0.717) is 0 Å². The Bertz CT molecular complexity index is 1290. The first kappa shape index (κ1) is 30.6. The monoisotopic (exact) mass is 572 g/mol. The zero-order valence-electron chi connectivity index (χ0n) is 22.6. The molecule has 1 aromatic carbocycles. The molecule has 0 saturated carbocycles. The number of carbonyl (C=O) groups excluding carboxylic acids is 1. The highest BCUT2D eigenvalue weighted by atomic mass is 32.2. The molecule has 1 fully saturated rings. The van der Waals surface area contributed by atoms with E-state index < -0.39 is 39.1 Å². The van der Waals surface area contributed by atoms with Gasteiger partial charge in [0, 0.05) is 24.3 Å². The molecule has 1 amide bonds. The summed E-state index contributed by atoms with van der Waals surface area (Å²) >= 11 is 0. The lowest BCUT2D eigenvalue weighted by Gasteiger charge is -2.34. The smallest absolute Gasteiger partial charge is 0.391 e. The zero-order chi connectivity index (χ0) is 29.2. The normalized spacial score (nSPS) is 15.8. The molecule has 0 spiro atoms. The number of hydrogen-bond acceptors (Lipinski definition) is 8. The second kappa shape index (κ2) is 11.3. The summed E-state index contributed by atoms with van der Waals surface area (Å²) in [5.41, 5.74) is -1.44. The number of hydrogen-bond donors (Lipinski definition) is 4. The van der Waals surface area contributed by atoms with Crippen molar-refractivity contribution in [3.8, 4) is 0 Å². The summed E-state index contributed by atoms with van der Waals surface area (Å²) in [6, 6.07) is 5.68. The first-order valence-electron chi connectivity index (χ1n) is 12.4. The minimum atomic E-state index is -4.31. The first-order valence-corrected chi connectivity index (χ1v) is 13.9. The Morgan fingerprint density at radius 3 is 2.33 bits per heavy atom. The molecular weight excluding hydrogens is 537 g/mol. The summed E-state index contributed by atoms with van der Waals surface area (Å²) in [4.78, 5) is 23.5. The molecule has 216 valence electrons. The number of aliphatic hydroxyl groups is 1. The number of alkyl halides is 3. The number of anilines is 3. The van der Waals surface area contributed by atoms with Crippen LogP contribution in [-0.4, -0.2) is 66.4 Å². The molecule has 0 radical (unpaired) electrons. The third-order valence-electron chi connectivity index (χ3n) is 5.93. The van der Waals surface area contributed by atoms with Crippen molar-refractivity contribution in [3.05, 3.63) is 36.2 Å². The van der Waals surface area contributed by atoms with Crippen molar-refractivity contribution in [1.82, 2.24) is 14.7 Å². The Morgan fingerprint density at radius 1 is 1.13 bits per heavy atom. The van der Waals surface area contributed by atoms with E-state index in [1.807, 2.05) is 0 Å². The molecule has 2 aromatic rings. The van der Waals surface area contributed by atoms with Crippen LogP contribution in [0, 0.1) is 5.92 Å². The number of benzene rings is 1. The van der Waals surface area contributed by atoms with Crippen molar-refractivity contribution in [1.29, 1.82) is 0 Å². The van der Waals surface area contributed by atoms with Crippen molar-refractivity contribution in [2.75, 3.05) is 35.2 Å². The van der Waals surface area contributed by atoms with Crippen molar-refractivity contribution in [3.63, 3.8) is 0 Å². The number of rotatable bonds is 8. The molecule has 1 saturated heterocycles. The Kier molecular flexibility index (Phi) is 8.82. The molecule has 4 N–H and O–H groups in total. The number of nitrogens with one attached hydrogen (secondary N) is 3. The maximum atomic E-state index is 13.3. The number of aromatic nitrogens is 2. The van der Waals surface area contributed by atoms with E-state index in [0.717, 1.165) is 0 Å². The van der Waals surface area contributed by atoms with Crippen LogP contribution >= 0.6 is 0 Å². The maximum absolute atomic E-state index is 13.3. The maximum Gasteiger partial charge on any atom is 0.391 e. The Hall–Kier alpha value is -2.97. The minimum Gasteiger partial charge on any atom is -0.394 e. The number of sulfonamides is 1. The van der Waals surface area contributed by atoms with Gasteiger partial charge in [0.25, 0.3) is 5.91 Å². The Balaban J connectivity index is 1.91. The summed E-state index contributed by atoms with van der Waals surface area (Å²) in [6.45, 7) is 8.35. The number of aliphatic hydroxyl groups excluding tert-OH is 1. The molecule has 1 aliphatic heterocycles. The van der Waals surface area contributed by atoms with Crippen molar-refractivity contribution in [2.24, 2.45) is 5.92 Å². The van der Waals surface area contributed by atoms with Crippen LogP contribution in [0.15, 0.2) is 35.4 Å². The van der Waals surface area contributed by atoms with Gasteiger partial charge < -0.3 is 20.6 Å². The van der Waals surface area contributed by atoms with Gasteiger partial charge in [0.1, 0.15) is 5.82 Å². The summed E-state index contributed by atoms with van der Waals surface area (Å²) in [5.74, 6) is -1.83. The van der Waals surface area contributed by atoms with Crippen molar-refractivity contribution >= 4 is 33.3 Å². The lowest BCUT2D eigenvalue weighted by molar-refractivity contribution is -0.179. The molecule has 1 aliphatic rings. The highest BCUT2D eigenvalue weighted by molar-refractivity contribution is 7.89. The largest absolute Gasteiger partial charge is 0.394 e. The van der Waals surface area contributed by atoms with Crippen LogP contribution in [0.3, 0.4) is 0 Å². The number of piperidine rings is 1. The van der Waals surface area contributed by atoms with E-state index in [1.165, 1.54) is 30.5 Å². The van der Waals surface area contributed by atoms with Gasteiger partial charge in [-0.05, 0) is 65.7 Å². The molecule has 0 unspecified atom stereocenters. The highest BCUT2D eigenvalue weighted by Crippen LogP contribution is 2.36. The molecule has 14 heteroatoms. The van der Waals surface area contributed by atoms with E-state index in [-0.39, 0.29) is 60.5 Å². The van der Waals surface area contributed by atoms with E-state index in [9.17, 15) is 31.5 Å². The number of nitrogens with zero attached hydrogens (tertiary/aromatic N) is 3. The van der Waals surface area contributed by atoms with Crippen LogP contribution in [-0.2, 0) is 10.0 Å². The zero-order valence-corrected chi connectivity index (χ0v) is 23.4. The van der Waals surface area contributed by atoms with Crippen LogP contribution in [0.4, 0.5) is 30.5 Å². The van der Waals surface area contributed by atoms with Gasteiger partial charge in [-0.1, -0.05) is 6.07 Å². The second-order valence-electron chi connectivity index (χ2n) is 11.2. The molecule has 2 heterocycles. The topological polar surface area (TPSA) is 137 Å². The third kappa shape index (κ3) is 8.26. The average molecular weight is 573 g/mol. The molecule has 39 heavy (non-hydrogen) atoms. The van der Waals surface area contributed by atoms with E-state index >= 15 is 0 Å². The lowest BCUT2D eigenvalue weighted by atomic mass is 9.96. The molecule has 0 atom stereocenters. The molecule has 0 aliphatic carbocycles. The van der Waals surface area contributed by atoms with Gasteiger partial charge in [-0.3, -0.25) is 4.79 Å². The standard InChI is InChI=1S/C25H35F3N6O4S/c1-23(2,3)33-39(37,38)18-8-6-7-17(13-18)30-22(36)20-21(31-19(14-29-20)32-24(4,5)15-35)34-11-9-16(10-12-34)25(26,27)28/h6-8,13-14,16,33,35H,9-12,15H2,1-5H3,(H,30,36)(H,31,32). The fourth-order valence-electron chi connectivity index (χ4n) is 4.02. The highest BCUT2D eigenvalue weighted by Gasteiger charge is 2.41. The van der Waals surface area contributed by atoms with Gasteiger partial charge in [-0.15, -0.1) is 0 Å². The van der Waals surface area contributed by atoms with Gasteiger partial charge >= 0.3 is 6.18 Å². The van der Waals surface area contributed by atoms with Crippen LogP contribution in [0.5, 0.6) is 0 Å². The average Bonchev–Trinajstić information content (AvgIpc) is 2.82. The molecule has 1 aromatic heterocycles. The second-order valence-corrected chi connectivity index (χ2v) is 12.9. The van der Waals surface area contributed by atoms with Crippen LogP contribution in [0.25, 0.3) is 0 Å². The SMILES string of the molecule is CC(C)(C)NS(=O)(=O)c1cccc(NC(=O)c2ncc(NC(C)(C)CO)nc2N2CCC(C(F)(F)F)CC2)c1. The molecule has 3 rings (SSSR count). The lowest BCUT2D eigenvalue weighted by Crippen LogP contribution is -2.41. The van der Waals surface area contributed by atoms with Crippen molar-refractivity contribution in [2.45, 2.75) is 69.6 Å². The van der Waals surface area contributed by atoms with Gasteiger partial charge in [0.2, 0.25) is 10.0 Å². The molecular formula is C25H35F3N6O4S. The van der Waals surface area contributed by atoms with Gasteiger partial charge in [-0.25, -0.2) is 23.1 Å². The van der Waals surface area contributed by atoms with Crippen LogP contribution < -0.4 is 20.3 Å². The number of halogens is 3. The predicted octanol–water partition coefficient (Wildman–Crippen LogP) is 3.77. The fraction of sp³-hybridized carbons (Fsp3) is 0.560. The number of amides is 1. The molecule has 0 bridgehead atoms. The van der Waals surface area contributed by atoms with Crippen molar-refractivity contribution < 1.29 is 31.5 Å². The first-order chi connectivity index (χ1) is 17.9. The summed E-state index contributed by atoms with van der Waals surface area (Å²) in [6.07, 6.45) is -3.33. The van der Waals surface area contributed by atoms with Gasteiger partial charge in [-0.2, -0.15) is 13.2 Å². The van der Waals surface area contributed by atoms with Crippen LogP contribution in [0.1, 0.15) is 57.9 Å². The quantitative estimate of drug-likeness (QED) is 0.375. The summed E-state index contributed by atoms with van der Waals surface area (Å²) in [7, 11) is -3.87. The minimum absolute atomic E-state index is 0.0121.